The summed E-state index contributed by atoms with van der Waals surface area (Å²) in [6.45, 7) is 1.91. The first-order valence-corrected chi connectivity index (χ1v) is 10.5. The molecule has 5 rings (SSSR count). The quantitative estimate of drug-likeness (QED) is 0.405. The van der Waals surface area contributed by atoms with Crippen molar-refractivity contribution < 1.29 is 9.53 Å². The lowest BCUT2D eigenvalue weighted by atomic mass is 9.97. The molecule has 0 saturated heterocycles. The number of aromatic nitrogens is 2. The van der Waals surface area contributed by atoms with E-state index in [9.17, 15) is 14.9 Å². The molecule has 5 aromatic rings. The van der Waals surface area contributed by atoms with Gasteiger partial charge in [0.15, 0.2) is 0 Å². The average molecular weight is 433 g/mol. The molecule has 6 heteroatoms. The maximum absolute atomic E-state index is 13.6. The summed E-state index contributed by atoms with van der Waals surface area (Å²) in [5.74, 6) is -0.480. The Labute approximate surface area is 189 Å². The SMILES string of the molecule is Cc1c(-c2cccc(C(=O)OCc3ccccc3)c2)c(=O)n2c([nH]c3ccccc32)c1C#N. The van der Waals surface area contributed by atoms with E-state index in [1.165, 1.54) is 4.40 Å². The predicted octanol–water partition coefficient (Wildman–Crippen LogP) is 4.98. The maximum Gasteiger partial charge on any atom is 0.338 e. The molecule has 1 N–H and O–H groups in total. The fourth-order valence-corrected chi connectivity index (χ4v) is 4.12. The molecule has 0 atom stereocenters. The van der Waals surface area contributed by atoms with Gasteiger partial charge in [-0.2, -0.15) is 5.26 Å². The lowest BCUT2D eigenvalue weighted by Gasteiger charge is -2.11. The van der Waals surface area contributed by atoms with Crippen molar-refractivity contribution in [2.75, 3.05) is 0 Å². The number of nitrogens with zero attached hydrogens (tertiary/aromatic N) is 2. The van der Waals surface area contributed by atoms with Crippen LogP contribution in [-0.2, 0) is 11.3 Å². The zero-order valence-corrected chi connectivity index (χ0v) is 17.8. The van der Waals surface area contributed by atoms with Gasteiger partial charge in [-0.3, -0.25) is 9.20 Å². The van der Waals surface area contributed by atoms with Crippen molar-refractivity contribution in [2.24, 2.45) is 0 Å². The molecule has 0 unspecified atom stereocenters. The lowest BCUT2D eigenvalue weighted by Crippen LogP contribution is -2.18. The summed E-state index contributed by atoms with van der Waals surface area (Å²) >= 11 is 0. The topological polar surface area (TPSA) is 87.4 Å². The number of ether oxygens (including phenoxy) is 1. The van der Waals surface area contributed by atoms with Crippen molar-refractivity contribution in [2.45, 2.75) is 13.5 Å². The van der Waals surface area contributed by atoms with Crippen LogP contribution in [0.2, 0.25) is 0 Å². The van der Waals surface area contributed by atoms with Crippen molar-refractivity contribution in [3.63, 3.8) is 0 Å². The van der Waals surface area contributed by atoms with Crippen LogP contribution in [0.4, 0.5) is 0 Å². The Hall–Kier alpha value is -4.63. The zero-order valence-electron chi connectivity index (χ0n) is 17.8. The van der Waals surface area contributed by atoms with Gasteiger partial charge in [-0.25, -0.2) is 4.79 Å². The number of hydrogen-bond acceptors (Lipinski definition) is 4. The number of H-pyrrole nitrogens is 1. The van der Waals surface area contributed by atoms with Crippen LogP contribution in [0.25, 0.3) is 27.8 Å². The number of carbonyl (C=O) groups excluding carboxylic acids is 1. The molecule has 0 aliphatic carbocycles. The minimum Gasteiger partial charge on any atom is -0.457 e. The zero-order chi connectivity index (χ0) is 22.9. The van der Waals surface area contributed by atoms with Gasteiger partial charge in [0, 0.05) is 0 Å². The Morgan fingerprint density at radius 3 is 2.58 bits per heavy atom. The number of para-hydroxylation sites is 2. The third-order valence-electron chi connectivity index (χ3n) is 5.74. The first-order chi connectivity index (χ1) is 16.1. The molecule has 0 amide bonds. The normalized spacial score (nSPS) is 10.9. The van der Waals surface area contributed by atoms with E-state index in [-0.39, 0.29) is 12.2 Å². The summed E-state index contributed by atoms with van der Waals surface area (Å²) in [5, 5.41) is 9.87. The van der Waals surface area contributed by atoms with Gasteiger partial charge in [-0.05, 0) is 47.9 Å². The smallest absolute Gasteiger partial charge is 0.338 e. The highest BCUT2D eigenvalue weighted by atomic mass is 16.5. The molecule has 33 heavy (non-hydrogen) atoms. The molecule has 3 aromatic carbocycles. The minimum atomic E-state index is -0.480. The van der Waals surface area contributed by atoms with Gasteiger partial charge in [0.25, 0.3) is 5.56 Å². The number of nitrogens with one attached hydrogen (secondary N) is 1. The van der Waals surface area contributed by atoms with E-state index in [0.717, 1.165) is 11.1 Å². The van der Waals surface area contributed by atoms with Gasteiger partial charge in [0.05, 0.1) is 27.7 Å². The molecular weight excluding hydrogens is 414 g/mol. The lowest BCUT2D eigenvalue weighted by molar-refractivity contribution is 0.0473. The number of benzene rings is 3. The molecule has 0 aliphatic rings. The standard InChI is InChI=1S/C27H19N3O3/c1-17-21(15-28)25-29-22-12-5-6-13-23(22)30(25)26(31)24(17)19-10-7-11-20(14-19)27(32)33-16-18-8-3-2-4-9-18/h2-14,29H,16H2,1H3. The summed E-state index contributed by atoms with van der Waals surface area (Å²) in [6.07, 6.45) is 0. The van der Waals surface area contributed by atoms with E-state index in [0.29, 0.717) is 39.0 Å². The second-order valence-corrected chi connectivity index (χ2v) is 7.76. The van der Waals surface area contributed by atoms with E-state index >= 15 is 0 Å². The molecule has 0 fully saturated rings. The molecule has 0 aliphatic heterocycles. The number of imidazole rings is 1. The van der Waals surface area contributed by atoms with E-state index in [1.54, 1.807) is 31.2 Å². The molecule has 160 valence electrons. The van der Waals surface area contributed by atoms with Crippen LogP contribution in [0, 0.1) is 18.3 Å². The number of esters is 1. The van der Waals surface area contributed by atoms with Crippen LogP contribution in [-0.4, -0.2) is 15.4 Å². The van der Waals surface area contributed by atoms with Crippen molar-refractivity contribution >= 4 is 22.6 Å². The fourth-order valence-electron chi connectivity index (χ4n) is 4.12. The van der Waals surface area contributed by atoms with Crippen molar-refractivity contribution in [1.29, 1.82) is 5.26 Å². The summed E-state index contributed by atoms with van der Waals surface area (Å²) in [4.78, 5) is 29.5. The Kier molecular flexibility index (Phi) is 5.00. The molecular formula is C27H19N3O3. The molecule has 2 aromatic heterocycles. The molecule has 2 heterocycles. The third-order valence-corrected chi connectivity index (χ3v) is 5.74. The number of fused-ring (bicyclic) bond motifs is 3. The monoisotopic (exact) mass is 433 g/mol. The number of aromatic amines is 1. The number of hydrogen-bond donors (Lipinski definition) is 1. The van der Waals surface area contributed by atoms with E-state index in [2.05, 4.69) is 11.1 Å². The van der Waals surface area contributed by atoms with Crippen LogP contribution in [0.15, 0.2) is 83.7 Å². The first-order valence-electron chi connectivity index (χ1n) is 10.5. The highest BCUT2D eigenvalue weighted by Crippen LogP contribution is 2.27. The van der Waals surface area contributed by atoms with Gasteiger partial charge in [0.1, 0.15) is 18.3 Å². The highest BCUT2D eigenvalue weighted by Gasteiger charge is 2.20. The first kappa shape index (κ1) is 20.3. The Bertz CT molecular complexity index is 1620. The van der Waals surface area contributed by atoms with Crippen LogP contribution in [0.3, 0.4) is 0 Å². The molecule has 6 nitrogen and oxygen atoms in total. The Morgan fingerprint density at radius 2 is 1.79 bits per heavy atom. The molecule has 0 saturated carbocycles. The van der Waals surface area contributed by atoms with E-state index in [4.69, 9.17) is 4.74 Å². The number of carbonyl (C=O) groups is 1. The molecule has 0 radical (unpaired) electrons. The van der Waals surface area contributed by atoms with Crippen molar-refractivity contribution in [3.05, 3.63) is 111 Å². The van der Waals surface area contributed by atoms with Gasteiger partial charge in [-0.1, -0.05) is 54.6 Å². The largest absolute Gasteiger partial charge is 0.457 e. The van der Waals surface area contributed by atoms with Gasteiger partial charge < -0.3 is 9.72 Å². The van der Waals surface area contributed by atoms with Crippen molar-refractivity contribution in [1.82, 2.24) is 9.38 Å². The second-order valence-electron chi connectivity index (χ2n) is 7.76. The highest BCUT2D eigenvalue weighted by molar-refractivity contribution is 5.92. The summed E-state index contributed by atoms with van der Waals surface area (Å²) in [5.41, 5.74) is 4.77. The Balaban J connectivity index is 1.61. The van der Waals surface area contributed by atoms with Crippen molar-refractivity contribution in [3.8, 4) is 17.2 Å². The number of nitriles is 1. The third kappa shape index (κ3) is 3.46. The van der Waals surface area contributed by atoms with Gasteiger partial charge >= 0.3 is 5.97 Å². The minimum absolute atomic E-state index is 0.158. The van der Waals surface area contributed by atoms with Gasteiger partial charge in [0.2, 0.25) is 0 Å². The summed E-state index contributed by atoms with van der Waals surface area (Å²) in [7, 11) is 0. The number of rotatable bonds is 4. The summed E-state index contributed by atoms with van der Waals surface area (Å²) < 4.78 is 6.97. The van der Waals surface area contributed by atoms with Crippen LogP contribution < -0.4 is 5.56 Å². The van der Waals surface area contributed by atoms with Crippen LogP contribution >= 0.6 is 0 Å². The Morgan fingerprint density at radius 1 is 1.03 bits per heavy atom. The number of pyridine rings is 1. The average Bonchev–Trinajstić information content (AvgIpc) is 3.23. The van der Waals surface area contributed by atoms with Crippen LogP contribution in [0.5, 0.6) is 0 Å². The van der Waals surface area contributed by atoms with Gasteiger partial charge in [-0.15, -0.1) is 0 Å². The molecule has 0 bridgehead atoms. The molecule has 0 spiro atoms. The van der Waals surface area contributed by atoms with E-state index in [1.807, 2.05) is 54.6 Å². The predicted molar refractivity (Wildman–Crippen MR) is 126 cm³/mol. The maximum atomic E-state index is 13.6. The second kappa shape index (κ2) is 8.13. The van der Waals surface area contributed by atoms with E-state index < -0.39 is 5.97 Å². The summed E-state index contributed by atoms with van der Waals surface area (Å²) in [6, 6.07) is 25.8. The fraction of sp³-hybridized carbons (Fsp3) is 0.0741. The van der Waals surface area contributed by atoms with Crippen LogP contribution in [0.1, 0.15) is 27.0 Å².